The molecule has 72 valence electrons. The van der Waals surface area contributed by atoms with E-state index in [-0.39, 0.29) is 5.63 Å². The van der Waals surface area contributed by atoms with Gasteiger partial charge < -0.3 is 9.15 Å². The van der Waals surface area contributed by atoms with E-state index in [1.807, 2.05) is 0 Å². The maximum absolute atomic E-state index is 10.9. The quantitative estimate of drug-likeness (QED) is 0.669. The maximum Gasteiger partial charge on any atom is 0.338 e. The lowest BCUT2D eigenvalue weighted by Gasteiger charge is -2.03. The number of rotatable bonds is 4. The van der Waals surface area contributed by atoms with Gasteiger partial charge in [0, 0.05) is 5.56 Å². The highest BCUT2D eigenvalue weighted by Gasteiger charge is 1.98. The zero-order valence-corrected chi connectivity index (χ0v) is 8.00. The van der Waals surface area contributed by atoms with Gasteiger partial charge in [0.15, 0.2) is 5.75 Å². The highest BCUT2D eigenvalue weighted by Crippen LogP contribution is 2.09. The second kappa shape index (κ2) is 4.70. The minimum Gasteiger partial charge on any atom is -0.490 e. The fraction of sp³-hybridized carbons (Fsp3) is 0.500. The van der Waals surface area contributed by atoms with Gasteiger partial charge in [0.2, 0.25) is 0 Å². The fourth-order valence-electron chi connectivity index (χ4n) is 0.921. The Morgan fingerprint density at radius 2 is 2.31 bits per heavy atom. The molecule has 0 aromatic carbocycles. The van der Waals surface area contributed by atoms with Crippen LogP contribution in [0.2, 0.25) is 0 Å². The monoisotopic (exact) mass is 182 g/mol. The van der Waals surface area contributed by atoms with E-state index < -0.39 is 0 Å². The molecular weight excluding hydrogens is 168 g/mol. The molecule has 0 atom stereocenters. The molecule has 0 bridgehead atoms. The van der Waals surface area contributed by atoms with Crippen molar-refractivity contribution < 1.29 is 9.15 Å². The molecule has 0 aliphatic carbocycles. The van der Waals surface area contributed by atoms with Gasteiger partial charge in [-0.2, -0.15) is 0 Å². The molecule has 1 aromatic heterocycles. The molecule has 13 heavy (non-hydrogen) atoms. The van der Waals surface area contributed by atoms with Gasteiger partial charge in [0.1, 0.15) is 6.26 Å². The molecule has 3 nitrogen and oxygen atoms in total. The van der Waals surface area contributed by atoms with E-state index in [0.29, 0.717) is 17.9 Å². The van der Waals surface area contributed by atoms with Crippen LogP contribution in [0.5, 0.6) is 5.75 Å². The molecule has 3 heteroatoms. The number of hydrogen-bond acceptors (Lipinski definition) is 3. The molecule has 0 fully saturated rings. The normalized spacial score (nSPS) is 10.0. The molecular formula is C10H14O3. The SMILES string of the molecule is CCCCOc1coc(=O)c(C)c1. The summed E-state index contributed by atoms with van der Waals surface area (Å²) < 4.78 is 10.1. The molecule has 0 radical (unpaired) electrons. The van der Waals surface area contributed by atoms with Crippen LogP contribution in [0.4, 0.5) is 0 Å². The van der Waals surface area contributed by atoms with Gasteiger partial charge in [-0.1, -0.05) is 13.3 Å². The Morgan fingerprint density at radius 3 is 2.92 bits per heavy atom. The average molecular weight is 182 g/mol. The van der Waals surface area contributed by atoms with Crippen LogP contribution in [0.3, 0.4) is 0 Å². The van der Waals surface area contributed by atoms with E-state index in [0.717, 1.165) is 12.8 Å². The largest absolute Gasteiger partial charge is 0.490 e. The van der Waals surface area contributed by atoms with Gasteiger partial charge in [-0.25, -0.2) is 4.79 Å². The molecule has 0 aliphatic heterocycles. The third kappa shape index (κ3) is 2.93. The first kappa shape index (κ1) is 9.84. The maximum atomic E-state index is 10.9. The molecule has 1 aromatic rings. The molecule has 0 saturated carbocycles. The van der Waals surface area contributed by atoms with Gasteiger partial charge in [-0.15, -0.1) is 0 Å². The van der Waals surface area contributed by atoms with E-state index in [1.54, 1.807) is 13.0 Å². The summed E-state index contributed by atoms with van der Waals surface area (Å²) in [7, 11) is 0. The number of hydrogen-bond donors (Lipinski definition) is 0. The molecule has 0 spiro atoms. The predicted octanol–water partition coefficient (Wildman–Crippen LogP) is 2.13. The summed E-state index contributed by atoms with van der Waals surface area (Å²) >= 11 is 0. The number of unbranched alkanes of at least 4 members (excludes halogenated alkanes) is 1. The van der Waals surface area contributed by atoms with Gasteiger partial charge in [-0.05, 0) is 19.4 Å². The first-order valence-corrected chi connectivity index (χ1v) is 4.46. The molecule has 0 unspecified atom stereocenters. The Balaban J connectivity index is 2.58. The van der Waals surface area contributed by atoms with Crippen LogP contribution in [-0.4, -0.2) is 6.61 Å². The molecule has 0 amide bonds. The van der Waals surface area contributed by atoms with E-state index in [2.05, 4.69) is 6.92 Å². The molecule has 0 aliphatic rings. The van der Waals surface area contributed by atoms with Crippen LogP contribution < -0.4 is 10.4 Å². The fourth-order valence-corrected chi connectivity index (χ4v) is 0.921. The highest BCUT2D eigenvalue weighted by atomic mass is 16.5. The number of aryl methyl sites for hydroxylation is 1. The van der Waals surface area contributed by atoms with Crippen LogP contribution in [-0.2, 0) is 0 Å². The highest BCUT2D eigenvalue weighted by molar-refractivity contribution is 5.20. The zero-order chi connectivity index (χ0) is 9.68. The van der Waals surface area contributed by atoms with Crippen LogP contribution >= 0.6 is 0 Å². The van der Waals surface area contributed by atoms with Gasteiger partial charge >= 0.3 is 5.63 Å². The van der Waals surface area contributed by atoms with E-state index >= 15 is 0 Å². The number of ether oxygens (including phenoxy) is 1. The van der Waals surface area contributed by atoms with Crippen LogP contribution in [0.25, 0.3) is 0 Å². The molecule has 0 N–H and O–H groups in total. The van der Waals surface area contributed by atoms with E-state index in [9.17, 15) is 4.79 Å². The Morgan fingerprint density at radius 1 is 1.54 bits per heavy atom. The second-order valence-corrected chi connectivity index (χ2v) is 2.95. The van der Waals surface area contributed by atoms with Crippen molar-refractivity contribution in [3.05, 3.63) is 28.3 Å². The van der Waals surface area contributed by atoms with Crippen molar-refractivity contribution >= 4 is 0 Å². The predicted molar refractivity (Wildman–Crippen MR) is 50.1 cm³/mol. The summed E-state index contributed by atoms with van der Waals surface area (Å²) in [6.45, 7) is 4.47. The third-order valence-corrected chi connectivity index (χ3v) is 1.73. The van der Waals surface area contributed by atoms with Crippen molar-refractivity contribution in [2.75, 3.05) is 6.61 Å². The Hall–Kier alpha value is -1.25. The summed E-state index contributed by atoms with van der Waals surface area (Å²) in [5.74, 6) is 0.630. The van der Waals surface area contributed by atoms with Crippen LogP contribution in [0, 0.1) is 6.92 Å². The lowest BCUT2D eigenvalue weighted by atomic mass is 10.3. The first-order chi connectivity index (χ1) is 6.24. The Bertz CT molecular complexity index is 314. The molecule has 0 saturated heterocycles. The topological polar surface area (TPSA) is 39.4 Å². The van der Waals surface area contributed by atoms with Crippen molar-refractivity contribution in [1.29, 1.82) is 0 Å². The van der Waals surface area contributed by atoms with Crippen molar-refractivity contribution in [1.82, 2.24) is 0 Å². The average Bonchev–Trinajstić information content (AvgIpc) is 2.12. The summed E-state index contributed by atoms with van der Waals surface area (Å²) in [6.07, 6.45) is 3.46. The van der Waals surface area contributed by atoms with E-state index in [1.165, 1.54) is 6.26 Å². The first-order valence-electron chi connectivity index (χ1n) is 4.46. The van der Waals surface area contributed by atoms with E-state index in [4.69, 9.17) is 9.15 Å². The van der Waals surface area contributed by atoms with Gasteiger partial charge in [0.25, 0.3) is 0 Å². The molecule has 1 heterocycles. The smallest absolute Gasteiger partial charge is 0.338 e. The lowest BCUT2D eigenvalue weighted by molar-refractivity contribution is 0.296. The van der Waals surface area contributed by atoms with Gasteiger partial charge in [0.05, 0.1) is 6.61 Å². The standard InChI is InChI=1S/C10H14O3/c1-3-4-5-12-9-6-8(2)10(11)13-7-9/h6-7H,3-5H2,1-2H3. The minimum absolute atomic E-state index is 0.303. The van der Waals surface area contributed by atoms with Crippen LogP contribution in [0.15, 0.2) is 21.5 Å². The Kier molecular flexibility index (Phi) is 3.55. The minimum atomic E-state index is -0.303. The zero-order valence-electron chi connectivity index (χ0n) is 8.00. The van der Waals surface area contributed by atoms with Crippen molar-refractivity contribution in [2.24, 2.45) is 0 Å². The van der Waals surface area contributed by atoms with Gasteiger partial charge in [-0.3, -0.25) is 0 Å². The van der Waals surface area contributed by atoms with Crippen molar-refractivity contribution in [3.63, 3.8) is 0 Å². The van der Waals surface area contributed by atoms with Crippen molar-refractivity contribution in [3.8, 4) is 5.75 Å². The Labute approximate surface area is 77.3 Å². The second-order valence-electron chi connectivity index (χ2n) is 2.95. The molecule has 1 rings (SSSR count). The summed E-state index contributed by atoms with van der Waals surface area (Å²) in [4.78, 5) is 10.9. The summed E-state index contributed by atoms with van der Waals surface area (Å²) in [5, 5.41) is 0. The van der Waals surface area contributed by atoms with Crippen LogP contribution in [0.1, 0.15) is 25.3 Å². The van der Waals surface area contributed by atoms with Crippen molar-refractivity contribution in [2.45, 2.75) is 26.7 Å². The third-order valence-electron chi connectivity index (χ3n) is 1.73. The summed E-state index contributed by atoms with van der Waals surface area (Å²) in [5.41, 5.74) is 0.275. The summed E-state index contributed by atoms with van der Waals surface area (Å²) in [6, 6.07) is 1.70. The lowest BCUT2D eigenvalue weighted by Crippen LogP contribution is -2.04.